The molecule has 1 aromatic rings. The molecule has 1 saturated heterocycles. The van der Waals surface area contributed by atoms with Crippen LogP contribution in [0.5, 0.6) is 0 Å². The highest BCUT2D eigenvalue weighted by molar-refractivity contribution is 5.15. The lowest BCUT2D eigenvalue weighted by molar-refractivity contribution is -0.125. The molecule has 0 aliphatic carbocycles. The first-order valence-electron chi connectivity index (χ1n) is 8.07. The Morgan fingerprint density at radius 3 is 2.62 bits per heavy atom. The van der Waals surface area contributed by atoms with Crippen molar-refractivity contribution in [3.05, 3.63) is 29.6 Å². The number of nitrogens with zero attached hydrogens (tertiary/aromatic N) is 1. The number of ether oxygens (including phenoxy) is 2. The summed E-state index contributed by atoms with van der Waals surface area (Å²) in [6.45, 7) is 6.51. The highest BCUT2D eigenvalue weighted by atomic mass is 16.5. The van der Waals surface area contributed by atoms with Gasteiger partial charge >= 0.3 is 0 Å². The van der Waals surface area contributed by atoms with Crippen LogP contribution in [0, 0.1) is 0 Å². The molecule has 4 heteroatoms. The first-order chi connectivity index (χ1) is 10.2. The highest BCUT2D eigenvalue weighted by Crippen LogP contribution is 2.30. The molecule has 0 amide bonds. The second-order valence-corrected chi connectivity index (χ2v) is 5.67. The Bertz CT molecular complexity index is 408. The van der Waals surface area contributed by atoms with Gasteiger partial charge in [0.2, 0.25) is 0 Å². The number of aryl methyl sites for hydroxylation is 1. The zero-order valence-electron chi connectivity index (χ0n) is 13.5. The standard InChI is InChI=1S/C17H28N2O2/c1-4-14-6-7-15(19-13-14)12-16(18-3)17(21-5-2)8-10-20-11-9-17/h6-7,13,16,18H,4-5,8-12H2,1-3H3. The third-order valence-corrected chi connectivity index (χ3v) is 4.46. The predicted octanol–water partition coefficient (Wildman–Crippen LogP) is 2.36. The van der Waals surface area contributed by atoms with Crippen LogP contribution in [-0.2, 0) is 22.3 Å². The van der Waals surface area contributed by atoms with Crippen LogP contribution in [0.1, 0.15) is 37.9 Å². The van der Waals surface area contributed by atoms with Crippen molar-refractivity contribution in [1.29, 1.82) is 0 Å². The molecule has 1 N–H and O–H groups in total. The molecule has 1 unspecified atom stereocenters. The normalized spacial score (nSPS) is 19.4. The second-order valence-electron chi connectivity index (χ2n) is 5.67. The van der Waals surface area contributed by atoms with Crippen molar-refractivity contribution >= 4 is 0 Å². The van der Waals surface area contributed by atoms with Gasteiger partial charge in [-0.05, 0) is 32.0 Å². The number of nitrogens with one attached hydrogen (secondary N) is 1. The van der Waals surface area contributed by atoms with E-state index in [0.29, 0.717) is 0 Å². The van der Waals surface area contributed by atoms with E-state index in [1.54, 1.807) is 0 Å². The number of rotatable bonds is 7. The van der Waals surface area contributed by atoms with E-state index >= 15 is 0 Å². The van der Waals surface area contributed by atoms with E-state index in [-0.39, 0.29) is 11.6 Å². The summed E-state index contributed by atoms with van der Waals surface area (Å²) in [5, 5.41) is 3.45. The first kappa shape index (κ1) is 16.4. The van der Waals surface area contributed by atoms with Gasteiger partial charge in [-0.15, -0.1) is 0 Å². The first-order valence-corrected chi connectivity index (χ1v) is 8.07. The van der Waals surface area contributed by atoms with E-state index in [9.17, 15) is 0 Å². The van der Waals surface area contributed by atoms with Crippen LogP contribution in [-0.4, -0.2) is 43.5 Å². The van der Waals surface area contributed by atoms with Gasteiger partial charge in [0.15, 0.2) is 0 Å². The van der Waals surface area contributed by atoms with Gasteiger partial charge in [0, 0.05) is 57.0 Å². The predicted molar refractivity (Wildman–Crippen MR) is 84.6 cm³/mol. The maximum atomic E-state index is 6.17. The van der Waals surface area contributed by atoms with Crippen molar-refractivity contribution in [3.8, 4) is 0 Å². The molecule has 2 heterocycles. The zero-order chi connectivity index (χ0) is 15.1. The summed E-state index contributed by atoms with van der Waals surface area (Å²) in [4.78, 5) is 4.60. The summed E-state index contributed by atoms with van der Waals surface area (Å²) in [5.41, 5.74) is 2.27. The molecule has 118 valence electrons. The average Bonchev–Trinajstić information content (AvgIpc) is 2.54. The largest absolute Gasteiger partial charge is 0.381 e. The molecular formula is C17H28N2O2. The molecule has 0 radical (unpaired) electrons. The maximum Gasteiger partial charge on any atom is 0.0882 e. The van der Waals surface area contributed by atoms with E-state index in [0.717, 1.165) is 51.2 Å². The minimum Gasteiger partial charge on any atom is -0.381 e. The fourth-order valence-electron chi connectivity index (χ4n) is 3.14. The molecule has 4 nitrogen and oxygen atoms in total. The van der Waals surface area contributed by atoms with Crippen molar-refractivity contribution in [1.82, 2.24) is 10.3 Å². The number of hydrogen-bond donors (Lipinski definition) is 1. The molecular weight excluding hydrogens is 264 g/mol. The Morgan fingerprint density at radius 1 is 1.33 bits per heavy atom. The minimum atomic E-state index is -0.132. The number of aromatic nitrogens is 1. The third-order valence-electron chi connectivity index (χ3n) is 4.46. The summed E-state index contributed by atoms with van der Waals surface area (Å²) in [6, 6.07) is 4.58. The maximum absolute atomic E-state index is 6.17. The Kier molecular flexibility index (Phi) is 6.15. The van der Waals surface area contributed by atoms with Crippen LogP contribution in [0.25, 0.3) is 0 Å². The van der Waals surface area contributed by atoms with Crippen molar-refractivity contribution in [3.63, 3.8) is 0 Å². The molecule has 0 saturated carbocycles. The van der Waals surface area contributed by atoms with Gasteiger partial charge in [-0.25, -0.2) is 0 Å². The van der Waals surface area contributed by atoms with Crippen molar-refractivity contribution in [2.45, 2.75) is 51.2 Å². The summed E-state index contributed by atoms with van der Waals surface area (Å²) in [7, 11) is 2.02. The molecule has 0 aromatic carbocycles. The van der Waals surface area contributed by atoms with Crippen LogP contribution in [0.2, 0.25) is 0 Å². The van der Waals surface area contributed by atoms with Gasteiger partial charge in [-0.3, -0.25) is 4.98 Å². The summed E-state index contributed by atoms with van der Waals surface area (Å²) in [6.07, 6.45) is 5.79. The molecule has 21 heavy (non-hydrogen) atoms. The van der Waals surface area contributed by atoms with Crippen molar-refractivity contribution in [2.24, 2.45) is 0 Å². The van der Waals surface area contributed by atoms with Crippen molar-refractivity contribution < 1.29 is 9.47 Å². The SMILES string of the molecule is CCOC1(C(Cc2ccc(CC)cn2)NC)CCOCC1. The van der Waals surface area contributed by atoms with Crippen molar-refractivity contribution in [2.75, 3.05) is 26.9 Å². The molecule has 1 atom stereocenters. The molecule has 1 aliphatic heterocycles. The fourth-order valence-corrected chi connectivity index (χ4v) is 3.14. The minimum absolute atomic E-state index is 0.132. The Balaban J connectivity index is 2.11. The summed E-state index contributed by atoms with van der Waals surface area (Å²) < 4.78 is 11.7. The lowest BCUT2D eigenvalue weighted by Gasteiger charge is -2.43. The Morgan fingerprint density at radius 2 is 2.10 bits per heavy atom. The van der Waals surface area contributed by atoms with Crippen LogP contribution in [0.4, 0.5) is 0 Å². The van der Waals surface area contributed by atoms with Crippen LogP contribution >= 0.6 is 0 Å². The van der Waals surface area contributed by atoms with E-state index in [1.165, 1.54) is 5.56 Å². The Hall–Kier alpha value is -0.970. The van der Waals surface area contributed by atoms with Crippen LogP contribution in [0.3, 0.4) is 0 Å². The van der Waals surface area contributed by atoms with E-state index < -0.39 is 0 Å². The summed E-state index contributed by atoms with van der Waals surface area (Å²) >= 11 is 0. The lowest BCUT2D eigenvalue weighted by atomic mass is 9.83. The molecule has 0 spiro atoms. The highest BCUT2D eigenvalue weighted by Gasteiger charge is 2.40. The van der Waals surface area contributed by atoms with Gasteiger partial charge < -0.3 is 14.8 Å². The van der Waals surface area contributed by atoms with Gasteiger partial charge in [0.25, 0.3) is 0 Å². The van der Waals surface area contributed by atoms with E-state index in [4.69, 9.17) is 9.47 Å². The molecule has 2 rings (SSSR count). The zero-order valence-corrected chi connectivity index (χ0v) is 13.5. The molecule has 1 aliphatic rings. The van der Waals surface area contributed by atoms with Crippen LogP contribution < -0.4 is 5.32 Å². The lowest BCUT2D eigenvalue weighted by Crippen LogP contribution is -2.55. The van der Waals surface area contributed by atoms with Gasteiger partial charge in [-0.2, -0.15) is 0 Å². The Labute approximate surface area is 128 Å². The van der Waals surface area contributed by atoms with Gasteiger partial charge in [0.05, 0.1) is 5.60 Å². The van der Waals surface area contributed by atoms with Gasteiger partial charge in [-0.1, -0.05) is 13.0 Å². The van der Waals surface area contributed by atoms with E-state index in [2.05, 4.69) is 36.3 Å². The topological polar surface area (TPSA) is 43.4 Å². The second kappa shape index (κ2) is 7.87. The summed E-state index contributed by atoms with van der Waals surface area (Å²) in [5.74, 6) is 0. The number of hydrogen-bond acceptors (Lipinski definition) is 4. The fraction of sp³-hybridized carbons (Fsp3) is 0.706. The quantitative estimate of drug-likeness (QED) is 0.838. The third kappa shape index (κ3) is 4.02. The van der Waals surface area contributed by atoms with E-state index in [1.807, 2.05) is 13.2 Å². The molecule has 0 bridgehead atoms. The average molecular weight is 292 g/mol. The van der Waals surface area contributed by atoms with Crippen LogP contribution in [0.15, 0.2) is 18.3 Å². The van der Waals surface area contributed by atoms with Gasteiger partial charge in [0.1, 0.15) is 0 Å². The monoisotopic (exact) mass is 292 g/mol. The molecule has 1 fully saturated rings. The molecule has 1 aromatic heterocycles. The smallest absolute Gasteiger partial charge is 0.0882 e. The number of pyridine rings is 1. The number of likely N-dealkylation sites (N-methyl/N-ethyl adjacent to an activating group) is 1.